The Balaban J connectivity index is 2.03. The smallest absolute Gasteiger partial charge is 0.281 e. The Morgan fingerprint density at radius 3 is 2.38 bits per heavy atom. The molecule has 124 valence electrons. The maximum atomic E-state index is 12.9. The molecule has 0 saturated carbocycles. The van der Waals surface area contributed by atoms with Gasteiger partial charge in [-0.25, -0.2) is 0 Å². The highest BCUT2D eigenvalue weighted by atomic mass is 32.1. The number of rotatable bonds is 4. The van der Waals surface area contributed by atoms with Gasteiger partial charge in [0.05, 0.1) is 26.2 Å². The Morgan fingerprint density at radius 1 is 1.17 bits per heavy atom. The van der Waals surface area contributed by atoms with Gasteiger partial charge in [-0.05, 0) is 24.4 Å². The summed E-state index contributed by atoms with van der Waals surface area (Å²) in [7, 11) is 4.85. The Bertz CT molecular complexity index is 792. The minimum absolute atomic E-state index is 0.241. The number of benzene rings is 1. The van der Waals surface area contributed by atoms with Crippen LogP contribution in [0.5, 0.6) is 11.5 Å². The molecule has 0 unspecified atom stereocenters. The predicted octanol–water partition coefficient (Wildman–Crippen LogP) is 2.90. The Labute approximate surface area is 144 Å². The van der Waals surface area contributed by atoms with E-state index < -0.39 is 0 Å². The number of methoxy groups -OCH3 is 2. The SMILES string of the molecule is COc1cc(OC)cc(N2C(=O)/C(=C\c3ccco3)N(C)C2=S)c1. The van der Waals surface area contributed by atoms with E-state index in [2.05, 4.69) is 0 Å². The molecule has 1 saturated heterocycles. The van der Waals surface area contributed by atoms with E-state index in [1.54, 1.807) is 68.8 Å². The number of hydrogen-bond acceptors (Lipinski definition) is 5. The Hall–Kier alpha value is -2.80. The lowest BCUT2D eigenvalue weighted by Gasteiger charge is -2.18. The topological polar surface area (TPSA) is 55.2 Å². The van der Waals surface area contributed by atoms with Gasteiger partial charge >= 0.3 is 0 Å². The summed E-state index contributed by atoms with van der Waals surface area (Å²) in [5.41, 5.74) is 1.01. The minimum Gasteiger partial charge on any atom is -0.497 e. The van der Waals surface area contributed by atoms with Crippen LogP contribution in [0.2, 0.25) is 0 Å². The fraction of sp³-hybridized carbons (Fsp3) is 0.176. The average molecular weight is 344 g/mol. The molecule has 7 heteroatoms. The van der Waals surface area contributed by atoms with Gasteiger partial charge in [0.2, 0.25) is 0 Å². The molecule has 0 atom stereocenters. The van der Waals surface area contributed by atoms with Crippen molar-refractivity contribution in [3.63, 3.8) is 0 Å². The van der Waals surface area contributed by atoms with E-state index in [-0.39, 0.29) is 5.91 Å². The van der Waals surface area contributed by atoms with Gasteiger partial charge in [-0.1, -0.05) is 0 Å². The molecule has 0 spiro atoms. The number of thiocarbonyl (C=S) groups is 1. The van der Waals surface area contributed by atoms with Crippen LogP contribution in [-0.2, 0) is 4.79 Å². The highest BCUT2D eigenvalue weighted by molar-refractivity contribution is 7.80. The molecule has 0 N–H and O–H groups in total. The molecule has 1 fully saturated rings. The van der Waals surface area contributed by atoms with E-state index in [1.165, 1.54) is 4.90 Å². The zero-order chi connectivity index (χ0) is 17.3. The van der Waals surface area contributed by atoms with Gasteiger partial charge in [-0.2, -0.15) is 0 Å². The minimum atomic E-state index is -0.241. The molecule has 2 heterocycles. The second kappa shape index (κ2) is 6.37. The molecule has 2 aromatic rings. The van der Waals surface area contributed by atoms with Crippen molar-refractivity contribution in [3.05, 3.63) is 48.1 Å². The zero-order valence-electron chi connectivity index (χ0n) is 13.5. The number of likely N-dealkylation sites (N-methyl/N-ethyl adjacent to an activating group) is 1. The van der Waals surface area contributed by atoms with Crippen molar-refractivity contribution in [1.82, 2.24) is 4.90 Å². The van der Waals surface area contributed by atoms with Crippen LogP contribution >= 0.6 is 12.2 Å². The van der Waals surface area contributed by atoms with Crippen LogP contribution in [0.25, 0.3) is 6.08 Å². The van der Waals surface area contributed by atoms with Crippen molar-refractivity contribution >= 4 is 35.0 Å². The summed E-state index contributed by atoms with van der Waals surface area (Å²) in [5.74, 6) is 1.49. The molecule has 1 aromatic carbocycles. The van der Waals surface area contributed by atoms with Crippen molar-refractivity contribution in [2.24, 2.45) is 0 Å². The highest BCUT2D eigenvalue weighted by Crippen LogP contribution is 2.33. The molecular weight excluding hydrogens is 328 g/mol. The summed E-state index contributed by atoms with van der Waals surface area (Å²) < 4.78 is 15.8. The highest BCUT2D eigenvalue weighted by Gasteiger charge is 2.37. The van der Waals surface area contributed by atoms with Crippen molar-refractivity contribution in [2.75, 3.05) is 26.2 Å². The Morgan fingerprint density at radius 2 is 1.83 bits per heavy atom. The first-order chi connectivity index (χ1) is 11.5. The molecule has 3 rings (SSSR count). The lowest BCUT2D eigenvalue weighted by atomic mass is 10.2. The lowest BCUT2D eigenvalue weighted by Crippen LogP contribution is -2.31. The van der Waals surface area contributed by atoms with E-state index in [0.717, 1.165) is 0 Å². The van der Waals surface area contributed by atoms with E-state index in [1.807, 2.05) is 0 Å². The molecule has 1 amide bonds. The number of nitrogens with zero attached hydrogens (tertiary/aromatic N) is 2. The lowest BCUT2D eigenvalue weighted by molar-refractivity contribution is -0.114. The number of carbonyl (C=O) groups excluding carboxylic acids is 1. The van der Waals surface area contributed by atoms with E-state index in [9.17, 15) is 4.79 Å². The van der Waals surface area contributed by atoms with Crippen molar-refractivity contribution in [2.45, 2.75) is 0 Å². The van der Waals surface area contributed by atoms with E-state index in [0.29, 0.717) is 33.8 Å². The number of anilines is 1. The van der Waals surface area contributed by atoms with E-state index in [4.69, 9.17) is 26.1 Å². The molecule has 6 nitrogen and oxygen atoms in total. The maximum absolute atomic E-state index is 12.9. The number of ether oxygens (including phenoxy) is 2. The monoisotopic (exact) mass is 344 g/mol. The molecular formula is C17H16N2O4S. The normalized spacial score (nSPS) is 16.2. The summed E-state index contributed by atoms with van der Waals surface area (Å²) in [6.45, 7) is 0. The van der Waals surface area contributed by atoms with Crippen molar-refractivity contribution < 1.29 is 18.7 Å². The summed E-state index contributed by atoms with van der Waals surface area (Å²) in [5, 5.41) is 0.369. The van der Waals surface area contributed by atoms with Crippen LogP contribution < -0.4 is 14.4 Å². The van der Waals surface area contributed by atoms with Crippen LogP contribution in [0, 0.1) is 0 Å². The first kappa shape index (κ1) is 16.1. The molecule has 1 aliphatic heterocycles. The third-order valence-corrected chi connectivity index (χ3v) is 4.13. The number of furan rings is 1. The van der Waals surface area contributed by atoms with Gasteiger partial charge in [-0.15, -0.1) is 0 Å². The van der Waals surface area contributed by atoms with E-state index >= 15 is 0 Å². The predicted molar refractivity (Wildman–Crippen MR) is 94.1 cm³/mol. The second-order valence-electron chi connectivity index (χ2n) is 5.10. The summed E-state index contributed by atoms with van der Waals surface area (Å²) in [6.07, 6.45) is 3.21. The molecule has 24 heavy (non-hydrogen) atoms. The zero-order valence-corrected chi connectivity index (χ0v) is 14.3. The van der Waals surface area contributed by atoms with Crippen LogP contribution in [-0.4, -0.2) is 37.2 Å². The van der Waals surface area contributed by atoms with Gasteiger partial charge in [0.15, 0.2) is 5.11 Å². The summed E-state index contributed by atoms with van der Waals surface area (Å²) >= 11 is 5.43. The maximum Gasteiger partial charge on any atom is 0.281 e. The molecule has 0 radical (unpaired) electrons. The first-order valence-corrected chi connectivity index (χ1v) is 7.56. The van der Waals surface area contributed by atoms with Crippen LogP contribution in [0.15, 0.2) is 46.7 Å². The third kappa shape index (κ3) is 2.74. The number of carbonyl (C=O) groups is 1. The Kier molecular flexibility index (Phi) is 4.26. The van der Waals surface area contributed by atoms with Gasteiger partial charge in [0.25, 0.3) is 5.91 Å². The first-order valence-electron chi connectivity index (χ1n) is 7.15. The fourth-order valence-corrected chi connectivity index (χ4v) is 2.70. The van der Waals surface area contributed by atoms with Crippen molar-refractivity contribution in [1.29, 1.82) is 0 Å². The molecule has 1 aromatic heterocycles. The summed E-state index contributed by atoms with van der Waals surface area (Å²) in [6, 6.07) is 8.73. The van der Waals surface area contributed by atoms with Gasteiger partial charge in [-0.3, -0.25) is 9.69 Å². The van der Waals surface area contributed by atoms with Gasteiger partial charge in [0.1, 0.15) is 23.0 Å². The standard InChI is InChI=1S/C17H16N2O4S/c1-18-15(10-12-5-4-6-23-12)16(20)19(17(18)24)11-7-13(21-2)9-14(8-11)22-3/h4-10H,1-3H3/b15-10+. The second-order valence-corrected chi connectivity index (χ2v) is 5.46. The number of hydrogen-bond donors (Lipinski definition) is 0. The van der Waals surface area contributed by atoms with Gasteiger partial charge in [0, 0.05) is 31.3 Å². The van der Waals surface area contributed by atoms with Crippen LogP contribution in [0.3, 0.4) is 0 Å². The quantitative estimate of drug-likeness (QED) is 0.628. The van der Waals surface area contributed by atoms with Gasteiger partial charge < -0.3 is 18.8 Å². The number of amides is 1. The molecule has 0 bridgehead atoms. The van der Waals surface area contributed by atoms with Crippen LogP contribution in [0.1, 0.15) is 5.76 Å². The summed E-state index contributed by atoms with van der Waals surface area (Å²) in [4.78, 5) is 15.9. The fourth-order valence-electron chi connectivity index (χ4n) is 2.41. The third-order valence-electron chi connectivity index (χ3n) is 3.68. The largest absolute Gasteiger partial charge is 0.497 e. The molecule has 0 aliphatic carbocycles. The van der Waals surface area contributed by atoms with Crippen molar-refractivity contribution in [3.8, 4) is 11.5 Å². The molecule has 1 aliphatic rings. The van der Waals surface area contributed by atoms with Crippen LogP contribution in [0.4, 0.5) is 5.69 Å². The average Bonchev–Trinajstić information content (AvgIpc) is 3.18.